The second-order valence-corrected chi connectivity index (χ2v) is 5.52. The summed E-state index contributed by atoms with van der Waals surface area (Å²) in [7, 11) is 0. The van der Waals surface area contributed by atoms with Crippen molar-refractivity contribution in [3.8, 4) is 22.4 Å². The Morgan fingerprint density at radius 2 is 1.61 bits per heavy atom. The second kappa shape index (κ2) is 5.32. The molecule has 0 atom stereocenters. The van der Waals surface area contributed by atoms with E-state index < -0.39 is 5.95 Å². The molecule has 3 aromatic heterocycles. The highest BCUT2D eigenvalue weighted by Crippen LogP contribution is 2.25. The van der Waals surface area contributed by atoms with Crippen molar-refractivity contribution in [1.29, 1.82) is 0 Å². The lowest BCUT2D eigenvalue weighted by Crippen LogP contribution is -1.90. The van der Waals surface area contributed by atoms with Crippen LogP contribution in [0.3, 0.4) is 0 Å². The van der Waals surface area contributed by atoms with E-state index in [1.54, 1.807) is 6.07 Å². The summed E-state index contributed by atoms with van der Waals surface area (Å²) in [6, 6.07) is 15.4. The van der Waals surface area contributed by atoms with Gasteiger partial charge >= 0.3 is 0 Å². The number of pyridine rings is 2. The van der Waals surface area contributed by atoms with Crippen molar-refractivity contribution in [1.82, 2.24) is 14.4 Å². The van der Waals surface area contributed by atoms with Crippen molar-refractivity contribution in [3.63, 3.8) is 0 Å². The molecular formula is C19H14FN3. The third kappa shape index (κ3) is 2.48. The second-order valence-electron chi connectivity index (χ2n) is 5.52. The van der Waals surface area contributed by atoms with E-state index in [2.05, 4.69) is 41.2 Å². The number of aromatic nitrogens is 3. The van der Waals surface area contributed by atoms with Gasteiger partial charge in [-0.3, -0.25) is 4.40 Å². The maximum absolute atomic E-state index is 12.9. The fourth-order valence-corrected chi connectivity index (χ4v) is 2.64. The lowest BCUT2D eigenvalue weighted by atomic mass is 10.1. The Hall–Kier alpha value is -3.01. The summed E-state index contributed by atoms with van der Waals surface area (Å²) in [5.41, 5.74) is 6.08. The number of fused-ring (bicyclic) bond motifs is 1. The van der Waals surface area contributed by atoms with E-state index in [1.165, 1.54) is 17.8 Å². The third-order valence-corrected chi connectivity index (χ3v) is 3.92. The van der Waals surface area contributed by atoms with Gasteiger partial charge in [-0.1, -0.05) is 29.8 Å². The quantitative estimate of drug-likeness (QED) is 0.510. The zero-order valence-electron chi connectivity index (χ0n) is 12.6. The van der Waals surface area contributed by atoms with E-state index in [4.69, 9.17) is 0 Å². The summed E-state index contributed by atoms with van der Waals surface area (Å²) in [4.78, 5) is 8.19. The molecule has 3 heterocycles. The van der Waals surface area contributed by atoms with Crippen LogP contribution in [0.25, 0.3) is 28.0 Å². The average Bonchev–Trinajstić information content (AvgIpc) is 2.99. The van der Waals surface area contributed by atoms with Crippen molar-refractivity contribution in [2.75, 3.05) is 0 Å². The SMILES string of the molecule is Cc1ccc(-c2cnc3cc(-c4ccc(F)nc4)ccn23)cc1. The van der Waals surface area contributed by atoms with Crippen LogP contribution in [-0.4, -0.2) is 14.4 Å². The molecule has 0 fully saturated rings. The molecule has 0 unspecified atom stereocenters. The zero-order valence-corrected chi connectivity index (χ0v) is 12.6. The molecule has 1 aromatic carbocycles. The molecule has 4 aromatic rings. The lowest BCUT2D eigenvalue weighted by molar-refractivity contribution is 0.584. The highest BCUT2D eigenvalue weighted by atomic mass is 19.1. The van der Waals surface area contributed by atoms with Crippen LogP contribution < -0.4 is 0 Å². The van der Waals surface area contributed by atoms with Crippen LogP contribution in [0.1, 0.15) is 5.56 Å². The van der Waals surface area contributed by atoms with Crippen LogP contribution in [0.4, 0.5) is 4.39 Å². The van der Waals surface area contributed by atoms with Crippen molar-refractivity contribution in [2.24, 2.45) is 0 Å². The Balaban J connectivity index is 1.79. The maximum atomic E-state index is 12.9. The van der Waals surface area contributed by atoms with Crippen LogP contribution in [-0.2, 0) is 0 Å². The fraction of sp³-hybridized carbons (Fsp3) is 0.0526. The molecule has 0 saturated heterocycles. The molecule has 0 amide bonds. The Bertz CT molecular complexity index is 970. The molecule has 23 heavy (non-hydrogen) atoms. The number of rotatable bonds is 2. The number of aryl methyl sites for hydroxylation is 1. The topological polar surface area (TPSA) is 30.2 Å². The van der Waals surface area contributed by atoms with Gasteiger partial charge in [0.25, 0.3) is 0 Å². The first-order chi connectivity index (χ1) is 11.2. The van der Waals surface area contributed by atoms with Gasteiger partial charge < -0.3 is 0 Å². The monoisotopic (exact) mass is 303 g/mol. The van der Waals surface area contributed by atoms with Gasteiger partial charge in [0.2, 0.25) is 5.95 Å². The summed E-state index contributed by atoms with van der Waals surface area (Å²) in [6.07, 6.45) is 5.38. The van der Waals surface area contributed by atoms with Gasteiger partial charge in [-0.25, -0.2) is 9.97 Å². The number of hydrogen-bond donors (Lipinski definition) is 0. The van der Waals surface area contributed by atoms with E-state index in [0.717, 1.165) is 28.0 Å². The molecule has 3 nitrogen and oxygen atoms in total. The summed E-state index contributed by atoms with van der Waals surface area (Å²) in [5, 5.41) is 0. The van der Waals surface area contributed by atoms with Gasteiger partial charge in [0.15, 0.2) is 0 Å². The van der Waals surface area contributed by atoms with E-state index >= 15 is 0 Å². The highest BCUT2D eigenvalue weighted by molar-refractivity contribution is 5.70. The van der Waals surface area contributed by atoms with Crippen LogP contribution in [0.2, 0.25) is 0 Å². The molecule has 0 aliphatic heterocycles. The Morgan fingerprint density at radius 1 is 0.826 bits per heavy atom. The minimum atomic E-state index is -0.475. The molecule has 0 aliphatic carbocycles. The number of benzene rings is 1. The first kappa shape index (κ1) is 13.6. The molecular weight excluding hydrogens is 289 g/mol. The lowest BCUT2D eigenvalue weighted by Gasteiger charge is -2.05. The molecule has 0 N–H and O–H groups in total. The summed E-state index contributed by atoms with van der Waals surface area (Å²) in [5.74, 6) is -0.475. The van der Waals surface area contributed by atoms with Gasteiger partial charge in [0.05, 0.1) is 11.9 Å². The van der Waals surface area contributed by atoms with Gasteiger partial charge in [-0.2, -0.15) is 4.39 Å². The third-order valence-electron chi connectivity index (χ3n) is 3.92. The first-order valence-corrected chi connectivity index (χ1v) is 7.37. The molecule has 112 valence electrons. The standard InChI is InChI=1S/C19H14FN3/c1-13-2-4-14(5-3-13)17-12-22-19-10-15(8-9-23(17)19)16-6-7-18(20)21-11-16/h2-12H,1H3. The van der Waals surface area contributed by atoms with Gasteiger partial charge in [0, 0.05) is 23.5 Å². The van der Waals surface area contributed by atoms with Crippen molar-refractivity contribution < 1.29 is 4.39 Å². The molecule has 0 aliphatic rings. The normalized spacial score (nSPS) is 11.0. The number of imidazole rings is 1. The van der Waals surface area contributed by atoms with Crippen molar-refractivity contribution in [3.05, 3.63) is 78.6 Å². The number of hydrogen-bond acceptors (Lipinski definition) is 2. The Labute approximate surface area is 133 Å². The minimum absolute atomic E-state index is 0.475. The van der Waals surface area contributed by atoms with Gasteiger partial charge in [-0.05, 0) is 36.8 Å². The maximum Gasteiger partial charge on any atom is 0.212 e. The Morgan fingerprint density at radius 3 is 2.35 bits per heavy atom. The average molecular weight is 303 g/mol. The Kier molecular flexibility index (Phi) is 3.15. The van der Waals surface area contributed by atoms with Gasteiger partial charge in [-0.15, -0.1) is 0 Å². The van der Waals surface area contributed by atoms with E-state index in [9.17, 15) is 4.39 Å². The molecule has 0 spiro atoms. The molecule has 4 heteroatoms. The van der Waals surface area contributed by atoms with Crippen molar-refractivity contribution >= 4 is 5.65 Å². The molecule has 4 rings (SSSR count). The van der Waals surface area contributed by atoms with Crippen LogP contribution in [0.5, 0.6) is 0 Å². The zero-order chi connectivity index (χ0) is 15.8. The van der Waals surface area contributed by atoms with E-state index in [0.29, 0.717) is 0 Å². The fourth-order valence-electron chi connectivity index (χ4n) is 2.64. The minimum Gasteiger partial charge on any atom is -0.300 e. The molecule has 0 radical (unpaired) electrons. The molecule has 0 bridgehead atoms. The van der Waals surface area contributed by atoms with Crippen molar-refractivity contribution in [2.45, 2.75) is 6.92 Å². The summed E-state index contributed by atoms with van der Waals surface area (Å²) in [6.45, 7) is 2.07. The summed E-state index contributed by atoms with van der Waals surface area (Å²) >= 11 is 0. The largest absolute Gasteiger partial charge is 0.300 e. The predicted molar refractivity (Wildman–Crippen MR) is 88.6 cm³/mol. The number of halogens is 1. The van der Waals surface area contributed by atoms with Gasteiger partial charge in [0.1, 0.15) is 5.65 Å². The first-order valence-electron chi connectivity index (χ1n) is 7.37. The van der Waals surface area contributed by atoms with E-state index in [1.807, 2.05) is 28.9 Å². The highest BCUT2D eigenvalue weighted by Gasteiger charge is 2.07. The molecule has 0 saturated carbocycles. The van der Waals surface area contributed by atoms with Crippen LogP contribution in [0.15, 0.2) is 67.1 Å². The summed E-state index contributed by atoms with van der Waals surface area (Å²) < 4.78 is 15.0. The number of nitrogens with zero attached hydrogens (tertiary/aromatic N) is 3. The van der Waals surface area contributed by atoms with Crippen LogP contribution in [0, 0.1) is 12.9 Å². The smallest absolute Gasteiger partial charge is 0.212 e. The predicted octanol–water partition coefficient (Wildman–Crippen LogP) is 4.51. The van der Waals surface area contributed by atoms with Crippen LogP contribution >= 0.6 is 0 Å². The van der Waals surface area contributed by atoms with E-state index in [-0.39, 0.29) is 0 Å².